The molecule has 1 aromatic heterocycles. The van der Waals surface area contributed by atoms with Crippen LogP contribution in [0.2, 0.25) is 5.02 Å². The van der Waals surface area contributed by atoms with Crippen LogP contribution in [-0.4, -0.2) is 22.8 Å². The summed E-state index contributed by atoms with van der Waals surface area (Å²) in [5.74, 6) is 0.493. The third kappa shape index (κ3) is 4.74. The number of amides is 2. The lowest BCUT2D eigenvalue weighted by molar-refractivity contribution is 0.262. The molecule has 0 aliphatic carbocycles. The summed E-state index contributed by atoms with van der Waals surface area (Å²) in [5, 5.41) is 14.4. The van der Waals surface area contributed by atoms with Crippen LogP contribution in [0.25, 0.3) is 11.3 Å². The number of anilines is 2. The minimum atomic E-state index is -0.339. The predicted octanol–water partition coefficient (Wildman–Crippen LogP) is 5.15. The molecule has 2 aromatic carbocycles. The van der Waals surface area contributed by atoms with Gasteiger partial charge in [-0.2, -0.15) is 0 Å². The molecule has 0 bridgehead atoms. The average Bonchev–Trinajstić information content (AvgIpc) is 2.67. The average molecular weight is 383 g/mol. The van der Waals surface area contributed by atoms with E-state index in [1.165, 1.54) is 0 Å². The molecule has 3 rings (SSSR count). The van der Waals surface area contributed by atoms with E-state index in [2.05, 4.69) is 20.8 Å². The molecule has 7 heteroatoms. The van der Waals surface area contributed by atoms with Crippen LogP contribution in [0.5, 0.6) is 5.88 Å². The first-order valence-electron chi connectivity index (χ1n) is 8.47. The molecule has 6 nitrogen and oxygen atoms in total. The fourth-order valence-electron chi connectivity index (χ4n) is 2.45. The monoisotopic (exact) mass is 382 g/mol. The molecule has 0 radical (unpaired) electrons. The topological polar surface area (TPSA) is 76.1 Å². The van der Waals surface area contributed by atoms with E-state index < -0.39 is 0 Å². The second-order valence-corrected chi connectivity index (χ2v) is 6.17. The van der Waals surface area contributed by atoms with Crippen LogP contribution >= 0.6 is 11.6 Å². The van der Waals surface area contributed by atoms with Crippen molar-refractivity contribution in [1.29, 1.82) is 0 Å². The van der Waals surface area contributed by atoms with Gasteiger partial charge >= 0.3 is 6.03 Å². The Balaban J connectivity index is 1.65. The van der Waals surface area contributed by atoms with Gasteiger partial charge in [0.15, 0.2) is 0 Å². The first kappa shape index (κ1) is 18.7. The lowest BCUT2D eigenvalue weighted by Crippen LogP contribution is -2.19. The molecule has 0 atom stereocenters. The van der Waals surface area contributed by atoms with Crippen LogP contribution in [0.1, 0.15) is 12.5 Å². The molecular weight excluding hydrogens is 364 g/mol. The molecule has 0 spiro atoms. The highest BCUT2D eigenvalue weighted by Crippen LogP contribution is 2.24. The number of rotatable bonds is 5. The van der Waals surface area contributed by atoms with E-state index in [0.29, 0.717) is 28.9 Å². The van der Waals surface area contributed by atoms with Gasteiger partial charge < -0.3 is 15.4 Å². The molecule has 0 aliphatic heterocycles. The summed E-state index contributed by atoms with van der Waals surface area (Å²) in [6.07, 6.45) is 0. The summed E-state index contributed by atoms with van der Waals surface area (Å²) >= 11 is 6.07. The Bertz CT molecular complexity index is 928. The summed E-state index contributed by atoms with van der Waals surface area (Å²) < 4.78 is 5.29. The van der Waals surface area contributed by atoms with Crippen LogP contribution < -0.4 is 15.4 Å². The van der Waals surface area contributed by atoms with Crippen molar-refractivity contribution in [3.05, 3.63) is 65.2 Å². The Hall–Kier alpha value is -3.12. The molecule has 3 aromatic rings. The lowest BCUT2D eigenvalue weighted by atomic mass is 10.1. The van der Waals surface area contributed by atoms with Gasteiger partial charge in [-0.15, -0.1) is 10.2 Å². The van der Waals surface area contributed by atoms with Crippen molar-refractivity contribution in [2.45, 2.75) is 13.8 Å². The first-order valence-corrected chi connectivity index (χ1v) is 8.84. The number of hydrogen-bond acceptors (Lipinski definition) is 4. The van der Waals surface area contributed by atoms with Crippen molar-refractivity contribution in [3.8, 4) is 17.1 Å². The standard InChI is InChI=1S/C20H19ClN4O2/c1-3-27-19-12-11-18(24-25-19)14-7-9-15(10-8-14)22-20(26)23-17-6-4-5-16(21)13(17)2/h4-12H,3H2,1-2H3,(H2,22,23,26). The van der Waals surface area contributed by atoms with Gasteiger partial charge in [0.2, 0.25) is 5.88 Å². The van der Waals surface area contributed by atoms with Gasteiger partial charge in [0.25, 0.3) is 0 Å². The largest absolute Gasteiger partial charge is 0.477 e. The highest BCUT2D eigenvalue weighted by molar-refractivity contribution is 6.31. The Morgan fingerprint density at radius 1 is 1.04 bits per heavy atom. The van der Waals surface area contributed by atoms with Gasteiger partial charge in [-0.1, -0.05) is 29.8 Å². The Labute approximate surface area is 162 Å². The van der Waals surface area contributed by atoms with E-state index in [0.717, 1.165) is 16.8 Å². The van der Waals surface area contributed by atoms with Crippen molar-refractivity contribution in [3.63, 3.8) is 0 Å². The van der Waals surface area contributed by atoms with Crippen molar-refractivity contribution in [1.82, 2.24) is 10.2 Å². The molecule has 2 N–H and O–H groups in total. The smallest absolute Gasteiger partial charge is 0.323 e. The summed E-state index contributed by atoms with van der Waals surface area (Å²) in [6.45, 7) is 4.29. The van der Waals surface area contributed by atoms with Crippen LogP contribution in [0.15, 0.2) is 54.6 Å². The number of halogens is 1. The van der Waals surface area contributed by atoms with E-state index in [1.54, 1.807) is 36.4 Å². The zero-order valence-electron chi connectivity index (χ0n) is 15.0. The summed E-state index contributed by atoms with van der Waals surface area (Å²) in [6, 6.07) is 16.0. The normalized spacial score (nSPS) is 10.3. The molecule has 138 valence electrons. The SMILES string of the molecule is CCOc1ccc(-c2ccc(NC(=O)Nc3cccc(Cl)c3C)cc2)nn1. The number of carbonyl (C=O) groups excluding carboxylic acids is 1. The second kappa shape index (κ2) is 8.51. The van der Waals surface area contributed by atoms with Gasteiger partial charge in [0.1, 0.15) is 0 Å². The van der Waals surface area contributed by atoms with Crippen LogP contribution in [-0.2, 0) is 0 Å². The van der Waals surface area contributed by atoms with E-state index in [-0.39, 0.29) is 6.03 Å². The number of ether oxygens (including phenoxy) is 1. The summed E-state index contributed by atoms with van der Waals surface area (Å²) in [4.78, 5) is 12.2. The van der Waals surface area contributed by atoms with E-state index in [4.69, 9.17) is 16.3 Å². The molecule has 0 saturated heterocycles. The summed E-state index contributed by atoms with van der Waals surface area (Å²) in [5.41, 5.74) is 3.76. The zero-order valence-corrected chi connectivity index (χ0v) is 15.7. The number of aromatic nitrogens is 2. The fourth-order valence-corrected chi connectivity index (χ4v) is 2.63. The van der Waals surface area contributed by atoms with Gasteiger partial charge in [-0.3, -0.25) is 0 Å². The number of carbonyl (C=O) groups is 1. The number of hydrogen-bond donors (Lipinski definition) is 2. The number of nitrogens with one attached hydrogen (secondary N) is 2. The van der Waals surface area contributed by atoms with Crippen molar-refractivity contribution in [2.24, 2.45) is 0 Å². The van der Waals surface area contributed by atoms with Crippen LogP contribution in [0.3, 0.4) is 0 Å². The maximum Gasteiger partial charge on any atom is 0.323 e. The third-order valence-corrected chi connectivity index (χ3v) is 4.30. The maximum absolute atomic E-state index is 12.2. The highest BCUT2D eigenvalue weighted by atomic mass is 35.5. The Kier molecular flexibility index (Phi) is 5.88. The van der Waals surface area contributed by atoms with E-state index in [1.807, 2.05) is 32.0 Å². The molecule has 0 unspecified atom stereocenters. The number of nitrogens with zero attached hydrogens (tertiary/aromatic N) is 2. The van der Waals surface area contributed by atoms with E-state index >= 15 is 0 Å². The maximum atomic E-state index is 12.2. The third-order valence-electron chi connectivity index (χ3n) is 3.89. The van der Waals surface area contributed by atoms with Crippen LogP contribution in [0, 0.1) is 6.92 Å². The number of urea groups is 1. The van der Waals surface area contributed by atoms with Gasteiger partial charge in [-0.05, 0) is 49.7 Å². The quantitative estimate of drug-likeness (QED) is 0.639. The first-order chi connectivity index (χ1) is 13.1. The van der Waals surface area contributed by atoms with Crippen molar-refractivity contribution in [2.75, 3.05) is 17.2 Å². The second-order valence-electron chi connectivity index (χ2n) is 5.76. The molecule has 27 heavy (non-hydrogen) atoms. The molecule has 0 fully saturated rings. The highest BCUT2D eigenvalue weighted by Gasteiger charge is 2.08. The van der Waals surface area contributed by atoms with Gasteiger partial charge in [0.05, 0.1) is 12.3 Å². The molecular formula is C20H19ClN4O2. The number of benzene rings is 2. The van der Waals surface area contributed by atoms with Gasteiger partial charge in [-0.25, -0.2) is 4.79 Å². The molecule has 1 heterocycles. The predicted molar refractivity (Wildman–Crippen MR) is 107 cm³/mol. The minimum Gasteiger partial charge on any atom is -0.477 e. The van der Waals surface area contributed by atoms with Crippen molar-refractivity contribution >= 4 is 29.0 Å². The molecule has 2 amide bonds. The van der Waals surface area contributed by atoms with Crippen LogP contribution in [0.4, 0.5) is 16.2 Å². The lowest BCUT2D eigenvalue weighted by Gasteiger charge is -2.11. The molecule has 0 aliphatic rings. The summed E-state index contributed by atoms with van der Waals surface area (Å²) in [7, 11) is 0. The zero-order chi connectivity index (χ0) is 19.2. The molecule has 0 saturated carbocycles. The Morgan fingerprint density at radius 2 is 1.81 bits per heavy atom. The van der Waals surface area contributed by atoms with Crippen molar-refractivity contribution < 1.29 is 9.53 Å². The fraction of sp³-hybridized carbons (Fsp3) is 0.150. The Morgan fingerprint density at radius 3 is 2.48 bits per heavy atom. The van der Waals surface area contributed by atoms with Gasteiger partial charge in [0, 0.05) is 28.0 Å². The minimum absolute atomic E-state index is 0.339. The van der Waals surface area contributed by atoms with E-state index in [9.17, 15) is 4.79 Å².